The molecule has 0 bridgehead atoms. The van der Waals surface area contributed by atoms with Crippen LogP contribution >= 0.6 is 0 Å². The maximum Gasteiger partial charge on any atom is 0.331 e. The first-order valence-corrected chi connectivity index (χ1v) is 2.70. The monoisotopic (exact) mass is 140 g/mol. The molecule has 0 unspecified atom stereocenters. The van der Waals surface area contributed by atoms with Gasteiger partial charge in [-0.05, 0) is 6.42 Å². The predicted octanol–water partition coefficient (Wildman–Crippen LogP) is 2.01. The van der Waals surface area contributed by atoms with Crippen molar-refractivity contribution in [1.29, 1.82) is 0 Å². The van der Waals surface area contributed by atoms with Crippen molar-refractivity contribution < 1.29 is 9.90 Å². The van der Waals surface area contributed by atoms with E-state index in [1.807, 2.05) is 0 Å². The van der Waals surface area contributed by atoms with E-state index in [4.69, 9.17) is 5.11 Å². The molecule has 0 fully saturated rings. The predicted molar refractivity (Wildman–Crippen MR) is 42.8 cm³/mol. The van der Waals surface area contributed by atoms with Gasteiger partial charge in [0.15, 0.2) is 0 Å². The molecule has 10 heavy (non-hydrogen) atoms. The van der Waals surface area contributed by atoms with Gasteiger partial charge in [0.1, 0.15) is 0 Å². The van der Waals surface area contributed by atoms with E-state index < -0.39 is 5.97 Å². The Balaban J connectivity index is 0. The first-order chi connectivity index (χ1) is 4.68. The molecule has 0 atom stereocenters. The van der Waals surface area contributed by atoms with E-state index in [0.29, 0.717) is 6.42 Å². The molecule has 0 spiro atoms. The molecule has 56 valence electrons. The van der Waals surface area contributed by atoms with Crippen LogP contribution in [0, 0.1) is 0 Å². The Morgan fingerprint density at radius 1 is 1.50 bits per heavy atom. The molecule has 0 saturated heterocycles. The molecular formula is C8H12O2. The summed E-state index contributed by atoms with van der Waals surface area (Å²) in [5.41, 5.74) is 0.181. The Morgan fingerprint density at radius 3 is 2.00 bits per heavy atom. The second-order valence-corrected chi connectivity index (χ2v) is 1.40. The van der Waals surface area contributed by atoms with Crippen LogP contribution in [0.2, 0.25) is 0 Å². The quantitative estimate of drug-likeness (QED) is 0.481. The zero-order valence-corrected chi connectivity index (χ0v) is 5.97. The van der Waals surface area contributed by atoms with Gasteiger partial charge in [-0.3, -0.25) is 0 Å². The Labute approximate surface area is 61.2 Å². The summed E-state index contributed by atoms with van der Waals surface area (Å²) in [6.45, 7) is 12.6. The molecule has 0 aliphatic carbocycles. The lowest BCUT2D eigenvalue weighted by atomic mass is 10.2. The van der Waals surface area contributed by atoms with Crippen molar-refractivity contribution in [1.82, 2.24) is 0 Å². The van der Waals surface area contributed by atoms with Crippen LogP contribution < -0.4 is 0 Å². The van der Waals surface area contributed by atoms with Gasteiger partial charge in [0.05, 0.1) is 0 Å². The average Bonchev–Trinajstić information content (AvgIpc) is 1.93. The molecule has 0 aromatic heterocycles. The summed E-state index contributed by atoms with van der Waals surface area (Å²) < 4.78 is 0. The van der Waals surface area contributed by atoms with Gasteiger partial charge in [-0.25, -0.2) is 4.79 Å². The van der Waals surface area contributed by atoms with Gasteiger partial charge in [-0.2, -0.15) is 0 Å². The van der Waals surface area contributed by atoms with Crippen LogP contribution in [-0.4, -0.2) is 11.1 Å². The van der Waals surface area contributed by atoms with Crippen molar-refractivity contribution in [3.8, 4) is 0 Å². The van der Waals surface area contributed by atoms with E-state index in [9.17, 15) is 4.79 Å². The molecule has 2 heteroatoms. The second kappa shape index (κ2) is 7.69. The van der Waals surface area contributed by atoms with Crippen LogP contribution in [0.1, 0.15) is 6.42 Å². The number of carboxylic acids is 1. The standard InChI is InChI=1S/C6H8O2.C2H4/c1-3-4-5(2)6(7)8;1-2/h3H,1-2,4H2,(H,7,8);1-2H2. The molecule has 0 radical (unpaired) electrons. The number of allylic oxidation sites excluding steroid dienone is 1. The molecule has 0 aromatic carbocycles. The zero-order valence-electron chi connectivity index (χ0n) is 5.97. The third-order valence-electron chi connectivity index (χ3n) is 0.693. The Kier molecular flexibility index (Phi) is 8.83. The molecule has 2 nitrogen and oxygen atoms in total. The van der Waals surface area contributed by atoms with Crippen LogP contribution in [0.5, 0.6) is 0 Å². The van der Waals surface area contributed by atoms with Crippen molar-refractivity contribution in [2.24, 2.45) is 0 Å². The third-order valence-corrected chi connectivity index (χ3v) is 0.693. The van der Waals surface area contributed by atoms with Gasteiger partial charge in [0, 0.05) is 5.57 Å². The van der Waals surface area contributed by atoms with E-state index in [1.165, 1.54) is 6.08 Å². The summed E-state index contributed by atoms with van der Waals surface area (Å²) in [5, 5.41) is 8.17. The largest absolute Gasteiger partial charge is 0.478 e. The van der Waals surface area contributed by atoms with Crippen molar-refractivity contribution in [2.75, 3.05) is 0 Å². The van der Waals surface area contributed by atoms with Gasteiger partial charge >= 0.3 is 5.97 Å². The van der Waals surface area contributed by atoms with Crippen LogP contribution in [0.15, 0.2) is 38.0 Å². The van der Waals surface area contributed by atoms with Crippen molar-refractivity contribution >= 4 is 5.97 Å². The molecule has 0 saturated carbocycles. The number of aliphatic carboxylic acids is 1. The average molecular weight is 140 g/mol. The SMILES string of the molecule is C=C.C=CCC(=C)C(=O)O. The summed E-state index contributed by atoms with van der Waals surface area (Å²) in [6.07, 6.45) is 1.87. The number of hydrogen-bond donors (Lipinski definition) is 1. The minimum atomic E-state index is -0.954. The van der Waals surface area contributed by atoms with Gasteiger partial charge < -0.3 is 5.11 Å². The van der Waals surface area contributed by atoms with Gasteiger partial charge in [-0.1, -0.05) is 12.7 Å². The fourth-order valence-corrected chi connectivity index (χ4v) is 0.262. The number of carbonyl (C=O) groups is 1. The van der Waals surface area contributed by atoms with Crippen molar-refractivity contribution in [3.63, 3.8) is 0 Å². The first-order valence-electron chi connectivity index (χ1n) is 2.70. The van der Waals surface area contributed by atoms with Crippen molar-refractivity contribution in [2.45, 2.75) is 6.42 Å². The molecule has 0 aromatic rings. The van der Waals surface area contributed by atoms with E-state index in [1.54, 1.807) is 0 Å². The van der Waals surface area contributed by atoms with Gasteiger partial charge in [0.2, 0.25) is 0 Å². The number of carboxylic acid groups (broad SMARTS) is 1. The van der Waals surface area contributed by atoms with E-state index in [-0.39, 0.29) is 5.57 Å². The second-order valence-electron chi connectivity index (χ2n) is 1.40. The van der Waals surface area contributed by atoms with E-state index in [0.717, 1.165) is 0 Å². The molecule has 0 rings (SSSR count). The smallest absolute Gasteiger partial charge is 0.331 e. The van der Waals surface area contributed by atoms with Crippen molar-refractivity contribution in [3.05, 3.63) is 38.0 Å². The fourth-order valence-electron chi connectivity index (χ4n) is 0.262. The molecular weight excluding hydrogens is 128 g/mol. The third kappa shape index (κ3) is 6.69. The Morgan fingerprint density at radius 2 is 1.90 bits per heavy atom. The summed E-state index contributed by atoms with van der Waals surface area (Å²) in [5.74, 6) is -0.954. The van der Waals surface area contributed by atoms with Gasteiger partial charge in [0.25, 0.3) is 0 Å². The fraction of sp³-hybridized carbons (Fsp3) is 0.125. The Bertz CT molecular complexity index is 136. The lowest BCUT2D eigenvalue weighted by Crippen LogP contribution is -1.96. The summed E-state index contributed by atoms with van der Waals surface area (Å²) >= 11 is 0. The zero-order chi connectivity index (χ0) is 8.57. The number of rotatable bonds is 3. The van der Waals surface area contributed by atoms with Crippen LogP contribution in [0.4, 0.5) is 0 Å². The molecule has 0 heterocycles. The highest BCUT2D eigenvalue weighted by Crippen LogP contribution is 1.95. The van der Waals surface area contributed by atoms with Crippen LogP contribution in [-0.2, 0) is 4.79 Å². The Hall–Kier alpha value is -1.31. The van der Waals surface area contributed by atoms with E-state index >= 15 is 0 Å². The molecule has 0 amide bonds. The van der Waals surface area contributed by atoms with Crippen LogP contribution in [0.3, 0.4) is 0 Å². The lowest BCUT2D eigenvalue weighted by Gasteiger charge is -1.89. The lowest BCUT2D eigenvalue weighted by molar-refractivity contribution is -0.132. The normalized spacial score (nSPS) is 6.80. The number of hydrogen-bond acceptors (Lipinski definition) is 1. The minimum absolute atomic E-state index is 0.181. The van der Waals surface area contributed by atoms with E-state index in [2.05, 4.69) is 26.3 Å². The molecule has 0 aliphatic heterocycles. The summed E-state index contributed by atoms with van der Waals surface area (Å²) in [6, 6.07) is 0. The highest BCUT2D eigenvalue weighted by Gasteiger charge is 1.97. The molecule has 1 N–H and O–H groups in total. The maximum absolute atomic E-state index is 9.94. The highest BCUT2D eigenvalue weighted by molar-refractivity contribution is 5.85. The van der Waals surface area contributed by atoms with Crippen LogP contribution in [0.25, 0.3) is 0 Å². The first kappa shape index (κ1) is 11.5. The minimum Gasteiger partial charge on any atom is -0.478 e. The molecule has 0 aliphatic rings. The summed E-state index contributed by atoms with van der Waals surface area (Å²) in [4.78, 5) is 9.94. The maximum atomic E-state index is 9.94. The topological polar surface area (TPSA) is 37.3 Å². The van der Waals surface area contributed by atoms with Gasteiger partial charge in [-0.15, -0.1) is 19.7 Å². The summed E-state index contributed by atoms with van der Waals surface area (Å²) in [7, 11) is 0. The highest BCUT2D eigenvalue weighted by atomic mass is 16.4.